The fraction of sp³-hybridized carbons (Fsp3) is 0.227. The first-order valence-electron chi connectivity index (χ1n) is 8.37. The van der Waals surface area contributed by atoms with Crippen molar-refractivity contribution in [1.29, 1.82) is 0 Å². The van der Waals surface area contributed by atoms with Crippen LogP contribution in [0.25, 0.3) is 22.4 Å². The van der Waals surface area contributed by atoms with Crippen LogP contribution in [0.2, 0.25) is 0 Å². The second-order valence-corrected chi connectivity index (χ2v) is 6.22. The summed E-state index contributed by atoms with van der Waals surface area (Å²) in [4.78, 5) is 4.49. The molecule has 1 aliphatic rings. The molecule has 24 heavy (non-hydrogen) atoms. The van der Waals surface area contributed by atoms with E-state index < -0.39 is 0 Å². The molecule has 0 atom stereocenters. The molecule has 0 saturated heterocycles. The van der Waals surface area contributed by atoms with Gasteiger partial charge in [-0.2, -0.15) is 0 Å². The Kier molecular flexibility index (Phi) is 4.71. The van der Waals surface area contributed by atoms with Gasteiger partial charge >= 0.3 is 0 Å². The molecule has 1 aliphatic carbocycles. The number of benzene rings is 2. The van der Waals surface area contributed by atoms with Gasteiger partial charge < -0.3 is 4.98 Å². The summed E-state index contributed by atoms with van der Waals surface area (Å²) < 4.78 is 0. The molecule has 0 saturated carbocycles. The molecule has 0 fully saturated rings. The van der Waals surface area contributed by atoms with Gasteiger partial charge in [-0.1, -0.05) is 61.4 Å². The van der Waals surface area contributed by atoms with Crippen LogP contribution in [0.5, 0.6) is 0 Å². The number of aromatic nitrogens is 1. The first kappa shape index (κ1) is 17.1. The maximum Gasteiger partial charge on any atom is 0.0160 e. The van der Waals surface area contributed by atoms with E-state index in [2.05, 4.69) is 67.4 Å². The van der Waals surface area contributed by atoms with E-state index in [0.717, 1.165) is 24.1 Å². The average Bonchev–Trinajstić information content (AvgIpc) is 2.92. The molecule has 1 radical (unpaired) electrons. The molecule has 123 valence electrons. The van der Waals surface area contributed by atoms with Gasteiger partial charge in [-0.05, 0) is 30.2 Å². The molecule has 0 amide bonds. The normalized spacial score (nSPS) is 13.8. The minimum Gasteiger partial charge on any atom is -0.305 e. The second-order valence-electron chi connectivity index (χ2n) is 6.22. The zero-order valence-corrected chi connectivity index (χ0v) is 16.4. The molecule has 0 spiro atoms. The van der Waals surface area contributed by atoms with Crippen LogP contribution >= 0.6 is 0 Å². The van der Waals surface area contributed by atoms with E-state index in [9.17, 15) is 0 Å². The van der Waals surface area contributed by atoms with Crippen LogP contribution in [0.15, 0.2) is 60.8 Å². The molecule has 4 rings (SSSR count). The fourth-order valence-electron chi connectivity index (χ4n) is 4.07. The summed E-state index contributed by atoms with van der Waals surface area (Å²) in [6.45, 7) is 4.60. The third kappa shape index (κ3) is 2.37. The van der Waals surface area contributed by atoms with Crippen molar-refractivity contribution in [2.45, 2.75) is 32.1 Å². The van der Waals surface area contributed by atoms with Gasteiger partial charge in [0.25, 0.3) is 0 Å². The predicted octanol–water partition coefficient (Wildman–Crippen LogP) is 5.63. The van der Waals surface area contributed by atoms with Crippen LogP contribution in [0, 0.1) is 6.07 Å². The molecule has 1 aromatic heterocycles. The third-order valence-electron chi connectivity index (χ3n) is 5.35. The Bertz CT molecular complexity index is 851. The Balaban J connectivity index is 0.00000169. The van der Waals surface area contributed by atoms with Gasteiger partial charge in [0.05, 0.1) is 0 Å². The molecule has 0 aliphatic heterocycles. The van der Waals surface area contributed by atoms with Gasteiger partial charge in [0.1, 0.15) is 0 Å². The van der Waals surface area contributed by atoms with E-state index >= 15 is 0 Å². The largest absolute Gasteiger partial charge is 0.305 e. The van der Waals surface area contributed by atoms with Crippen LogP contribution in [0.1, 0.15) is 37.8 Å². The minimum absolute atomic E-state index is 0. The van der Waals surface area contributed by atoms with Crippen LogP contribution in [-0.2, 0) is 25.5 Å². The number of fused-ring (bicyclic) bond motifs is 3. The summed E-state index contributed by atoms with van der Waals surface area (Å²) in [5.74, 6) is 0. The van der Waals surface area contributed by atoms with E-state index in [1.807, 2.05) is 18.3 Å². The topological polar surface area (TPSA) is 12.9 Å². The van der Waals surface area contributed by atoms with Gasteiger partial charge in [-0.15, -0.1) is 29.3 Å². The van der Waals surface area contributed by atoms with Gasteiger partial charge in [-0.25, -0.2) is 0 Å². The number of hydrogen-bond donors (Lipinski definition) is 0. The maximum atomic E-state index is 4.49. The Morgan fingerprint density at radius 3 is 2.38 bits per heavy atom. The summed E-state index contributed by atoms with van der Waals surface area (Å²) in [7, 11) is 0. The molecular weight excluding hydrogens is 470 g/mol. The Hall–Kier alpha value is -1.76. The van der Waals surface area contributed by atoms with Crippen LogP contribution in [0.4, 0.5) is 0 Å². The Morgan fingerprint density at radius 1 is 0.917 bits per heavy atom. The second kappa shape index (κ2) is 6.62. The quantitative estimate of drug-likeness (QED) is 0.434. The molecule has 1 heterocycles. The summed E-state index contributed by atoms with van der Waals surface area (Å²) in [5.41, 5.74) is 7.80. The number of rotatable bonds is 3. The van der Waals surface area contributed by atoms with Gasteiger partial charge in [0.2, 0.25) is 0 Å². The van der Waals surface area contributed by atoms with Gasteiger partial charge in [-0.3, -0.25) is 0 Å². The van der Waals surface area contributed by atoms with Crippen LogP contribution in [-0.4, -0.2) is 4.98 Å². The SMILES string of the molecule is CCC1(CC)c2ccccc2-c2c[c-]c(-c3ccccn3)cc21.[Ir]. The molecule has 2 aromatic carbocycles. The molecule has 0 unspecified atom stereocenters. The maximum absolute atomic E-state index is 4.49. The fourth-order valence-corrected chi connectivity index (χ4v) is 4.07. The third-order valence-corrected chi connectivity index (χ3v) is 5.35. The predicted molar refractivity (Wildman–Crippen MR) is 95.3 cm³/mol. The van der Waals surface area contributed by atoms with Crippen molar-refractivity contribution in [2.24, 2.45) is 0 Å². The average molecular weight is 491 g/mol. The first-order chi connectivity index (χ1) is 11.3. The van der Waals surface area contributed by atoms with Gasteiger partial charge in [0, 0.05) is 31.7 Å². The Morgan fingerprint density at radius 2 is 1.67 bits per heavy atom. The van der Waals surface area contributed by atoms with Crippen molar-refractivity contribution in [3.8, 4) is 22.4 Å². The van der Waals surface area contributed by atoms with E-state index in [-0.39, 0.29) is 25.5 Å². The zero-order chi connectivity index (χ0) is 15.9. The van der Waals surface area contributed by atoms with E-state index in [1.54, 1.807) is 0 Å². The van der Waals surface area contributed by atoms with Crippen molar-refractivity contribution in [3.63, 3.8) is 0 Å². The van der Waals surface area contributed by atoms with Crippen LogP contribution in [0.3, 0.4) is 0 Å². The number of pyridine rings is 1. The van der Waals surface area contributed by atoms with Crippen molar-refractivity contribution in [2.75, 3.05) is 0 Å². The number of hydrogen-bond acceptors (Lipinski definition) is 1. The first-order valence-corrected chi connectivity index (χ1v) is 8.37. The number of nitrogens with zero attached hydrogens (tertiary/aromatic N) is 1. The van der Waals surface area contributed by atoms with E-state index in [0.29, 0.717) is 0 Å². The summed E-state index contributed by atoms with van der Waals surface area (Å²) in [5, 5.41) is 0. The minimum atomic E-state index is 0. The smallest absolute Gasteiger partial charge is 0.0160 e. The van der Waals surface area contributed by atoms with Crippen molar-refractivity contribution in [3.05, 3.63) is 78.0 Å². The molecule has 0 bridgehead atoms. The van der Waals surface area contributed by atoms with Gasteiger partial charge in [0.15, 0.2) is 0 Å². The summed E-state index contributed by atoms with van der Waals surface area (Å²) in [6.07, 6.45) is 4.07. The standard InChI is InChI=1S/C22H20N.Ir/c1-3-22(4-2)19-10-6-5-9-17(19)18-13-12-16(15-20(18)22)21-11-7-8-14-23-21;/h5-11,13-15H,3-4H2,1-2H3;/q-1;. The molecule has 1 nitrogen and oxygen atoms in total. The monoisotopic (exact) mass is 491 g/mol. The molecule has 0 N–H and O–H groups in total. The van der Waals surface area contributed by atoms with E-state index in [4.69, 9.17) is 0 Å². The zero-order valence-electron chi connectivity index (χ0n) is 14.0. The van der Waals surface area contributed by atoms with Crippen molar-refractivity contribution in [1.82, 2.24) is 4.98 Å². The molecule has 3 aromatic rings. The molecule has 2 heteroatoms. The van der Waals surface area contributed by atoms with Crippen LogP contribution < -0.4 is 0 Å². The Labute approximate surface area is 157 Å². The molecular formula is C22H20IrN-. The van der Waals surface area contributed by atoms with Crippen molar-refractivity contribution < 1.29 is 20.1 Å². The summed E-state index contributed by atoms with van der Waals surface area (Å²) in [6, 6.07) is 22.8. The summed E-state index contributed by atoms with van der Waals surface area (Å²) >= 11 is 0. The van der Waals surface area contributed by atoms with E-state index in [1.165, 1.54) is 22.3 Å². The van der Waals surface area contributed by atoms with Crippen molar-refractivity contribution >= 4 is 0 Å².